The van der Waals surface area contributed by atoms with Crippen LogP contribution in [0.4, 0.5) is 5.95 Å². The van der Waals surface area contributed by atoms with E-state index in [2.05, 4.69) is 11.8 Å². The molecule has 0 bridgehead atoms. The van der Waals surface area contributed by atoms with Gasteiger partial charge >= 0.3 is 0 Å². The highest BCUT2D eigenvalue weighted by atomic mass is 16.5. The fourth-order valence-electron chi connectivity index (χ4n) is 3.48. The summed E-state index contributed by atoms with van der Waals surface area (Å²) in [4.78, 5) is 26.1. The fraction of sp³-hybridized carbons (Fsp3) is 0.706. The van der Waals surface area contributed by atoms with Gasteiger partial charge in [-0.05, 0) is 31.7 Å². The number of rotatable bonds is 2. The van der Waals surface area contributed by atoms with E-state index in [1.807, 2.05) is 4.90 Å². The number of amides is 1. The Balaban J connectivity index is 1.54. The molecule has 0 N–H and O–H groups in total. The average molecular weight is 316 g/mol. The van der Waals surface area contributed by atoms with Gasteiger partial charge in [-0.1, -0.05) is 0 Å². The number of fused-ring (bicyclic) bond motifs is 1. The molecule has 6 nitrogen and oxygen atoms in total. The van der Waals surface area contributed by atoms with E-state index in [4.69, 9.17) is 14.7 Å². The van der Waals surface area contributed by atoms with Gasteiger partial charge in [0.2, 0.25) is 11.9 Å². The van der Waals surface area contributed by atoms with Crippen molar-refractivity contribution in [3.63, 3.8) is 0 Å². The van der Waals surface area contributed by atoms with Gasteiger partial charge in [0.05, 0.1) is 18.9 Å². The van der Waals surface area contributed by atoms with Crippen molar-refractivity contribution in [2.75, 3.05) is 44.3 Å². The SMILES string of the molecule is Cc1nc(N2CCOCC2)nc2c1CCN(C(=O)C1CC1)CC2. The number of nitrogens with zero attached hydrogens (tertiary/aromatic N) is 4. The van der Waals surface area contributed by atoms with Gasteiger partial charge in [0.25, 0.3) is 0 Å². The van der Waals surface area contributed by atoms with Crippen molar-refractivity contribution in [3.8, 4) is 0 Å². The number of aromatic nitrogens is 2. The second kappa shape index (κ2) is 6.07. The first-order valence-corrected chi connectivity index (χ1v) is 8.70. The van der Waals surface area contributed by atoms with Gasteiger partial charge in [-0.15, -0.1) is 0 Å². The Labute approximate surface area is 136 Å². The third-order valence-electron chi connectivity index (χ3n) is 5.07. The molecule has 2 aliphatic heterocycles. The van der Waals surface area contributed by atoms with Crippen LogP contribution in [0.2, 0.25) is 0 Å². The lowest BCUT2D eigenvalue weighted by atomic mass is 10.1. The van der Waals surface area contributed by atoms with Crippen LogP contribution in [0.1, 0.15) is 29.8 Å². The molecular formula is C17H24N4O2. The minimum absolute atomic E-state index is 0.298. The predicted molar refractivity (Wildman–Crippen MR) is 86.5 cm³/mol. The first-order valence-electron chi connectivity index (χ1n) is 8.70. The Morgan fingerprint density at radius 1 is 1.09 bits per heavy atom. The molecule has 2 fully saturated rings. The lowest BCUT2D eigenvalue weighted by Crippen LogP contribution is -2.37. The summed E-state index contributed by atoms with van der Waals surface area (Å²) in [6.45, 7) is 6.86. The van der Waals surface area contributed by atoms with Crippen LogP contribution in [-0.2, 0) is 22.4 Å². The zero-order valence-corrected chi connectivity index (χ0v) is 13.8. The van der Waals surface area contributed by atoms with Gasteiger partial charge in [0, 0.05) is 44.2 Å². The summed E-state index contributed by atoms with van der Waals surface area (Å²) in [6.07, 6.45) is 3.86. The Morgan fingerprint density at radius 3 is 2.57 bits per heavy atom. The first-order chi connectivity index (χ1) is 11.2. The summed E-state index contributed by atoms with van der Waals surface area (Å²) < 4.78 is 5.41. The van der Waals surface area contributed by atoms with Crippen molar-refractivity contribution in [2.24, 2.45) is 5.92 Å². The Morgan fingerprint density at radius 2 is 1.83 bits per heavy atom. The van der Waals surface area contributed by atoms with E-state index < -0.39 is 0 Å². The molecule has 124 valence electrons. The topological polar surface area (TPSA) is 58.6 Å². The molecule has 3 heterocycles. The maximum absolute atomic E-state index is 12.3. The van der Waals surface area contributed by atoms with E-state index in [1.54, 1.807) is 0 Å². The third-order valence-corrected chi connectivity index (χ3v) is 5.07. The molecule has 1 saturated heterocycles. The number of hydrogen-bond acceptors (Lipinski definition) is 5. The highest BCUT2D eigenvalue weighted by molar-refractivity contribution is 5.81. The van der Waals surface area contributed by atoms with Crippen molar-refractivity contribution in [1.29, 1.82) is 0 Å². The summed E-state index contributed by atoms with van der Waals surface area (Å²) >= 11 is 0. The van der Waals surface area contributed by atoms with E-state index in [0.29, 0.717) is 11.8 Å². The van der Waals surface area contributed by atoms with Crippen molar-refractivity contribution in [2.45, 2.75) is 32.6 Å². The highest BCUT2D eigenvalue weighted by Crippen LogP contribution is 2.32. The Hall–Kier alpha value is -1.69. The summed E-state index contributed by atoms with van der Waals surface area (Å²) in [5.41, 5.74) is 3.44. The van der Waals surface area contributed by atoms with Crippen molar-refractivity contribution >= 4 is 11.9 Å². The number of ether oxygens (including phenoxy) is 1. The Bertz CT molecular complexity index is 609. The number of morpholine rings is 1. The lowest BCUT2D eigenvalue weighted by Gasteiger charge is -2.27. The van der Waals surface area contributed by atoms with Crippen LogP contribution in [-0.4, -0.2) is 60.2 Å². The highest BCUT2D eigenvalue weighted by Gasteiger charge is 2.34. The quantitative estimate of drug-likeness (QED) is 0.813. The van der Waals surface area contributed by atoms with Gasteiger partial charge in [-0.25, -0.2) is 9.97 Å². The van der Waals surface area contributed by atoms with Crippen molar-refractivity contribution < 1.29 is 9.53 Å². The summed E-state index contributed by atoms with van der Waals surface area (Å²) in [5, 5.41) is 0. The molecule has 4 rings (SSSR count). The third kappa shape index (κ3) is 3.04. The molecule has 1 amide bonds. The number of hydrogen-bond donors (Lipinski definition) is 0. The van der Waals surface area contributed by atoms with E-state index in [1.165, 1.54) is 5.56 Å². The van der Waals surface area contributed by atoms with Crippen LogP contribution in [0.15, 0.2) is 0 Å². The van der Waals surface area contributed by atoms with Crippen LogP contribution in [0.25, 0.3) is 0 Å². The van der Waals surface area contributed by atoms with Crippen LogP contribution >= 0.6 is 0 Å². The average Bonchev–Trinajstić information content (AvgIpc) is 3.42. The van der Waals surface area contributed by atoms with E-state index in [0.717, 1.165) is 82.4 Å². The number of anilines is 1. The molecular weight excluding hydrogens is 292 g/mol. The molecule has 0 spiro atoms. The molecule has 0 unspecified atom stereocenters. The number of aryl methyl sites for hydroxylation is 1. The zero-order chi connectivity index (χ0) is 15.8. The zero-order valence-electron chi connectivity index (χ0n) is 13.8. The van der Waals surface area contributed by atoms with E-state index >= 15 is 0 Å². The second-order valence-electron chi connectivity index (χ2n) is 6.73. The van der Waals surface area contributed by atoms with Gasteiger partial charge in [-0.2, -0.15) is 0 Å². The van der Waals surface area contributed by atoms with Gasteiger partial charge in [-0.3, -0.25) is 4.79 Å². The van der Waals surface area contributed by atoms with Crippen molar-refractivity contribution in [3.05, 3.63) is 17.0 Å². The summed E-state index contributed by atoms with van der Waals surface area (Å²) in [5.74, 6) is 1.47. The fourth-order valence-corrected chi connectivity index (χ4v) is 3.48. The molecule has 1 aromatic rings. The Kier molecular flexibility index (Phi) is 3.93. The largest absolute Gasteiger partial charge is 0.378 e. The molecule has 0 radical (unpaired) electrons. The van der Waals surface area contributed by atoms with Crippen molar-refractivity contribution in [1.82, 2.24) is 14.9 Å². The molecule has 1 aliphatic carbocycles. The van der Waals surface area contributed by atoms with E-state index in [9.17, 15) is 4.79 Å². The van der Waals surface area contributed by atoms with Crippen LogP contribution < -0.4 is 4.90 Å². The summed E-state index contributed by atoms with van der Waals surface area (Å²) in [6, 6.07) is 0. The predicted octanol–water partition coefficient (Wildman–Crippen LogP) is 0.959. The minimum atomic E-state index is 0.298. The van der Waals surface area contributed by atoms with E-state index in [-0.39, 0.29) is 0 Å². The maximum Gasteiger partial charge on any atom is 0.225 e. The smallest absolute Gasteiger partial charge is 0.225 e. The second-order valence-corrected chi connectivity index (χ2v) is 6.73. The molecule has 1 aromatic heterocycles. The van der Waals surface area contributed by atoms with Crippen LogP contribution in [0.5, 0.6) is 0 Å². The molecule has 0 aromatic carbocycles. The molecule has 1 saturated carbocycles. The molecule has 0 atom stereocenters. The van der Waals surface area contributed by atoms with Crippen LogP contribution in [0.3, 0.4) is 0 Å². The first kappa shape index (κ1) is 14.9. The maximum atomic E-state index is 12.3. The van der Waals surface area contributed by atoms with Gasteiger partial charge < -0.3 is 14.5 Å². The van der Waals surface area contributed by atoms with Crippen LogP contribution in [0, 0.1) is 12.8 Å². The van der Waals surface area contributed by atoms with Gasteiger partial charge in [0.15, 0.2) is 0 Å². The molecule has 3 aliphatic rings. The minimum Gasteiger partial charge on any atom is -0.378 e. The van der Waals surface area contributed by atoms with Gasteiger partial charge in [0.1, 0.15) is 0 Å². The molecule has 6 heteroatoms. The lowest BCUT2D eigenvalue weighted by molar-refractivity contribution is -0.132. The molecule has 23 heavy (non-hydrogen) atoms. The monoisotopic (exact) mass is 316 g/mol. The standard InChI is InChI=1S/C17H24N4O2/c1-12-14-4-6-20(16(22)13-2-3-13)7-5-15(14)19-17(18-12)21-8-10-23-11-9-21/h13H,2-11H2,1H3. The number of carbonyl (C=O) groups is 1. The normalized spacial score (nSPS) is 21.8. The number of carbonyl (C=O) groups excluding carboxylic acids is 1. The summed E-state index contributed by atoms with van der Waals surface area (Å²) in [7, 11) is 0.